The van der Waals surface area contributed by atoms with Crippen molar-refractivity contribution in [1.82, 2.24) is 9.78 Å². The van der Waals surface area contributed by atoms with Gasteiger partial charge in [0.25, 0.3) is 0 Å². The first kappa shape index (κ1) is 10.4. The van der Waals surface area contributed by atoms with Crippen molar-refractivity contribution in [1.29, 1.82) is 0 Å². The number of anilines is 1. The van der Waals surface area contributed by atoms with Crippen LogP contribution in [0.3, 0.4) is 0 Å². The quantitative estimate of drug-likeness (QED) is 0.794. The number of nitrogen functional groups attached to an aromatic ring is 1. The molecule has 0 aliphatic carbocycles. The molecular formula is C11H13N3O2. The minimum absolute atomic E-state index is 0.585. The zero-order valence-corrected chi connectivity index (χ0v) is 9.18. The number of hydrogen-bond acceptors (Lipinski definition) is 4. The van der Waals surface area contributed by atoms with Crippen molar-refractivity contribution in [3.63, 3.8) is 0 Å². The highest BCUT2D eigenvalue weighted by Crippen LogP contribution is 2.33. The van der Waals surface area contributed by atoms with Gasteiger partial charge in [-0.15, -0.1) is 0 Å². The van der Waals surface area contributed by atoms with Gasteiger partial charge in [-0.05, 0) is 6.07 Å². The molecule has 84 valence electrons. The molecule has 0 amide bonds. The van der Waals surface area contributed by atoms with Gasteiger partial charge in [0, 0.05) is 24.5 Å². The first-order chi connectivity index (χ1) is 7.76. The number of ether oxygens (including phenoxy) is 2. The van der Waals surface area contributed by atoms with Crippen LogP contribution in [0.4, 0.5) is 5.69 Å². The molecule has 0 aliphatic rings. The second-order valence-electron chi connectivity index (χ2n) is 3.22. The van der Waals surface area contributed by atoms with Gasteiger partial charge in [0.2, 0.25) is 0 Å². The molecule has 0 radical (unpaired) electrons. The van der Waals surface area contributed by atoms with Crippen LogP contribution in [-0.4, -0.2) is 24.0 Å². The molecule has 1 aromatic carbocycles. The van der Waals surface area contributed by atoms with Gasteiger partial charge in [0.05, 0.1) is 25.6 Å². The Hall–Kier alpha value is -2.17. The Labute approximate surface area is 93.4 Å². The summed E-state index contributed by atoms with van der Waals surface area (Å²) < 4.78 is 12.0. The third kappa shape index (κ3) is 1.67. The average Bonchev–Trinajstić information content (AvgIpc) is 2.82. The van der Waals surface area contributed by atoms with Crippen LogP contribution in [0.15, 0.2) is 30.6 Å². The van der Waals surface area contributed by atoms with Crippen LogP contribution in [0.2, 0.25) is 0 Å². The van der Waals surface area contributed by atoms with Crippen molar-refractivity contribution in [3.8, 4) is 17.2 Å². The predicted octanol–water partition coefficient (Wildman–Crippen LogP) is 1.47. The lowest BCUT2D eigenvalue weighted by Crippen LogP contribution is -2.02. The van der Waals surface area contributed by atoms with E-state index in [-0.39, 0.29) is 0 Å². The molecule has 2 N–H and O–H groups in total. The highest BCUT2D eigenvalue weighted by Gasteiger charge is 2.10. The van der Waals surface area contributed by atoms with E-state index in [1.807, 2.05) is 12.3 Å². The van der Waals surface area contributed by atoms with Crippen molar-refractivity contribution in [3.05, 3.63) is 30.6 Å². The second kappa shape index (κ2) is 4.14. The fourth-order valence-electron chi connectivity index (χ4n) is 1.49. The maximum absolute atomic E-state index is 5.92. The van der Waals surface area contributed by atoms with Crippen molar-refractivity contribution in [2.24, 2.45) is 0 Å². The summed E-state index contributed by atoms with van der Waals surface area (Å²) in [5.41, 5.74) is 7.27. The molecule has 0 aliphatic heterocycles. The van der Waals surface area contributed by atoms with E-state index >= 15 is 0 Å². The zero-order valence-electron chi connectivity index (χ0n) is 9.18. The van der Waals surface area contributed by atoms with E-state index in [1.165, 1.54) is 0 Å². The molecule has 5 nitrogen and oxygen atoms in total. The maximum Gasteiger partial charge on any atom is 0.163 e. The highest BCUT2D eigenvalue weighted by atomic mass is 16.5. The lowest BCUT2D eigenvalue weighted by molar-refractivity contribution is 0.355. The molecule has 5 heteroatoms. The summed E-state index contributed by atoms with van der Waals surface area (Å²) in [5, 5.41) is 4.12. The lowest BCUT2D eigenvalue weighted by atomic mass is 10.2. The number of aromatic nitrogens is 2. The number of benzene rings is 1. The molecule has 0 bridgehead atoms. The van der Waals surface area contributed by atoms with Crippen LogP contribution >= 0.6 is 0 Å². The van der Waals surface area contributed by atoms with E-state index in [4.69, 9.17) is 15.2 Å². The Bertz CT molecular complexity index is 480. The maximum atomic E-state index is 5.92. The monoisotopic (exact) mass is 219 g/mol. The zero-order chi connectivity index (χ0) is 11.5. The van der Waals surface area contributed by atoms with Gasteiger partial charge < -0.3 is 15.2 Å². The van der Waals surface area contributed by atoms with Crippen LogP contribution in [0.25, 0.3) is 5.69 Å². The average molecular weight is 219 g/mol. The Balaban J connectivity index is 2.55. The lowest BCUT2D eigenvalue weighted by Gasteiger charge is -2.12. The number of methoxy groups -OCH3 is 2. The molecule has 1 aromatic heterocycles. The van der Waals surface area contributed by atoms with E-state index in [1.54, 1.807) is 37.2 Å². The molecule has 1 heterocycles. The molecule has 0 fully saturated rings. The third-order valence-electron chi connectivity index (χ3n) is 2.28. The van der Waals surface area contributed by atoms with Gasteiger partial charge >= 0.3 is 0 Å². The van der Waals surface area contributed by atoms with Gasteiger partial charge in [-0.25, -0.2) is 4.68 Å². The van der Waals surface area contributed by atoms with E-state index in [0.717, 1.165) is 5.69 Å². The molecule has 2 rings (SSSR count). The Morgan fingerprint density at radius 3 is 2.44 bits per heavy atom. The SMILES string of the molecule is COc1cc(N)c(-n2cccn2)cc1OC. The van der Waals surface area contributed by atoms with Crippen molar-refractivity contribution in [2.75, 3.05) is 20.0 Å². The van der Waals surface area contributed by atoms with E-state index < -0.39 is 0 Å². The van der Waals surface area contributed by atoms with E-state index in [0.29, 0.717) is 17.2 Å². The topological polar surface area (TPSA) is 62.3 Å². The number of nitrogens with zero attached hydrogens (tertiary/aromatic N) is 2. The van der Waals surface area contributed by atoms with Gasteiger partial charge in [-0.2, -0.15) is 5.10 Å². The standard InChI is InChI=1S/C11H13N3O2/c1-15-10-6-8(12)9(7-11(10)16-2)14-5-3-4-13-14/h3-7H,12H2,1-2H3. The summed E-state index contributed by atoms with van der Waals surface area (Å²) in [4.78, 5) is 0. The molecule has 0 spiro atoms. The summed E-state index contributed by atoms with van der Waals surface area (Å²) >= 11 is 0. The van der Waals surface area contributed by atoms with Gasteiger partial charge in [0.1, 0.15) is 0 Å². The molecule has 0 atom stereocenters. The van der Waals surface area contributed by atoms with Crippen LogP contribution in [0.5, 0.6) is 11.5 Å². The first-order valence-electron chi connectivity index (χ1n) is 4.77. The normalized spacial score (nSPS) is 10.1. The summed E-state index contributed by atoms with van der Waals surface area (Å²) in [5.74, 6) is 1.23. The smallest absolute Gasteiger partial charge is 0.163 e. The van der Waals surface area contributed by atoms with Crippen molar-refractivity contribution >= 4 is 5.69 Å². The van der Waals surface area contributed by atoms with E-state index in [2.05, 4.69) is 5.10 Å². The molecule has 0 saturated carbocycles. The summed E-state index contributed by atoms with van der Waals surface area (Å²) in [7, 11) is 3.16. The highest BCUT2D eigenvalue weighted by molar-refractivity contribution is 5.65. The Morgan fingerprint density at radius 1 is 1.19 bits per heavy atom. The minimum Gasteiger partial charge on any atom is -0.493 e. The minimum atomic E-state index is 0.585. The molecular weight excluding hydrogens is 206 g/mol. The van der Waals surface area contributed by atoms with Gasteiger partial charge in [-0.1, -0.05) is 0 Å². The number of nitrogens with two attached hydrogens (primary N) is 1. The van der Waals surface area contributed by atoms with Crippen LogP contribution in [0, 0.1) is 0 Å². The fraction of sp³-hybridized carbons (Fsp3) is 0.182. The fourth-order valence-corrected chi connectivity index (χ4v) is 1.49. The second-order valence-corrected chi connectivity index (χ2v) is 3.22. The van der Waals surface area contributed by atoms with Crippen LogP contribution < -0.4 is 15.2 Å². The summed E-state index contributed by atoms with van der Waals surface area (Å²) in [6.07, 6.45) is 3.51. The summed E-state index contributed by atoms with van der Waals surface area (Å²) in [6, 6.07) is 5.34. The Morgan fingerprint density at radius 2 is 1.88 bits per heavy atom. The van der Waals surface area contributed by atoms with Crippen LogP contribution in [0.1, 0.15) is 0 Å². The Kier molecular flexibility index (Phi) is 2.68. The molecule has 2 aromatic rings. The summed E-state index contributed by atoms with van der Waals surface area (Å²) in [6.45, 7) is 0. The van der Waals surface area contributed by atoms with Gasteiger partial charge in [-0.3, -0.25) is 0 Å². The molecule has 0 saturated heterocycles. The molecule has 0 unspecified atom stereocenters. The van der Waals surface area contributed by atoms with Gasteiger partial charge in [0.15, 0.2) is 11.5 Å². The number of rotatable bonds is 3. The van der Waals surface area contributed by atoms with E-state index in [9.17, 15) is 0 Å². The third-order valence-corrected chi connectivity index (χ3v) is 2.28. The van der Waals surface area contributed by atoms with Crippen molar-refractivity contribution < 1.29 is 9.47 Å². The molecule has 16 heavy (non-hydrogen) atoms. The largest absolute Gasteiger partial charge is 0.493 e. The predicted molar refractivity (Wildman–Crippen MR) is 61.1 cm³/mol. The van der Waals surface area contributed by atoms with Crippen LogP contribution in [-0.2, 0) is 0 Å². The van der Waals surface area contributed by atoms with Crippen molar-refractivity contribution in [2.45, 2.75) is 0 Å². The first-order valence-corrected chi connectivity index (χ1v) is 4.77. The number of hydrogen-bond donors (Lipinski definition) is 1.